The first-order chi connectivity index (χ1) is 15.5. The SMILES string of the molecule is CC[C@@H](/C=C/[C@@H](C)[C@H]1CCC2C3=C[C@@H](OC)[C@@]4(O)C[C@@H](O)CC[C@]4(C)C3CC[C@@]21C)C(C)C. The van der Waals surface area contributed by atoms with Crippen LogP contribution in [0.1, 0.15) is 92.9 Å². The second kappa shape index (κ2) is 9.10. The fourth-order valence-electron chi connectivity index (χ4n) is 8.97. The van der Waals surface area contributed by atoms with E-state index in [2.05, 4.69) is 59.8 Å². The molecule has 0 aromatic carbocycles. The molecule has 4 aliphatic carbocycles. The molecule has 0 spiro atoms. The summed E-state index contributed by atoms with van der Waals surface area (Å²) < 4.78 is 5.93. The van der Waals surface area contributed by atoms with Gasteiger partial charge < -0.3 is 14.9 Å². The number of aliphatic hydroxyl groups excluding tert-OH is 1. The normalized spacial score (nSPS) is 47.1. The predicted octanol–water partition coefficient (Wildman–Crippen LogP) is 6.54. The molecule has 0 aromatic rings. The molecular weight excluding hydrogens is 408 g/mol. The number of allylic oxidation sites excluding steroid dienone is 3. The Kier molecular flexibility index (Phi) is 7.02. The zero-order chi connectivity index (χ0) is 24.2. The zero-order valence-electron chi connectivity index (χ0n) is 22.3. The van der Waals surface area contributed by atoms with Crippen LogP contribution in [-0.2, 0) is 4.74 Å². The Labute approximate surface area is 203 Å². The van der Waals surface area contributed by atoms with Gasteiger partial charge in [0.25, 0.3) is 0 Å². The van der Waals surface area contributed by atoms with Crippen LogP contribution in [-0.4, -0.2) is 35.1 Å². The van der Waals surface area contributed by atoms with Gasteiger partial charge in [0.15, 0.2) is 0 Å². The van der Waals surface area contributed by atoms with Gasteiger partial charge in [0.2, 0.25) is 0 Å². The average molecular weight is 459 g/mol. The van der Waals surface area contributed by atoms with E-state index in [1.807, 2.05) is 0 Å². The van der Waals surface area contributed by atoms with Gasteiger partial charge in [-0.25, -0.2) is 0 Å². The molecule has 3 fully saturated rings. The van der Waals surface area contributed by atoms with Crippen molar-refractivity contribution < 1.29 is 14.9 Å². The lowest BCUT2D eigenvalue weighted by molar-refractivity contribution is -0.216. The van der Waals surface area contributed by atoms with Crippen LogP contribution in [0.25, 0.3) is 0 Å². The van der Waals surface area contributed by atoms with E-state index < -0.39 is 11.7 Å². The van der Waals surface area contributed by atoms with Crippen LogP contribution >= 0.6 is 0 Å². The monoisotopic (exact) mass is 458 g/mol. The minimum atomic E-state index is -0.971. The number of ether oxygens (including phenoxy) is 1. The molecule has 0 aromatic heterocycles. The molecule has 10 atom stereocenters. The summed E-state index contributed by atoms with van der Waals surface area (Å²) in [5.74, 6) is 3.70. The van der Waals surface area contributed by atoms with E-state index in [1.165, 1.54) is 25.7 Å². The first kappa shape index (κ1) is 25.5. The Hall–Kier alpha value is -0.640. The lowest BCUT2D eigenvalue weighted by Gasteiger charge is -2.62. The van der Waals surface area contributed by atoms with Crippen LogP contribution in [0.2, 0.25) is 0 Å². The first-order valence-electron chi connectivity index (χ1n) is 13.8. The number of hydrogen-bond acceptors (Lipinski definition) is 3. The Balaban J connectivity index is 1.63. The summed E-state index contributed by atoms with van der Waals surface area (Å²) in [6.07, 6.45) is 14.9. The molecule has 2 unspecified atom stereocenters. The second-order valence-electron chi connectivity index (χ2n) is 13.0. The third-order valence-electron chi connectivity index (χ3n) is 11.2. The molecule has 0 saturated heterocycles. The average Bonchev–Trinajstić information content (AvgIpc) is 3.11. The number of fused-ring (bicyclic) bond motifs is 5. The van der Waals surface area contributed by atoms with Gasteiger partial charge in [-0.1, -0.05) is 65.3 Å². The molecule has 0 bridgehead atoms. The second-order valence-corrected chi connectivity index (χ2v) is 13.0. The lowest BCUT2D eigenvalue weighted by atomic mass is 9.45. The zero-order valence-corrected chi connectivity index (χ0v) is 22.3. The van der Waals surface area contributed by atoms with Crippen LogP contribution in [0.3, 0.4) is 0 Å². The molecule has 33 heavy (non-hydrogen) atoms. The quantitative estimate of drug-likeness (QED) is 0.444. The summed E-state index contributed by atoms with van der Waals surface area (Å²) >= 11 is 0. The summed E-state index contributed by atoms with van der Waals surface area (Å²) in [6, 6.07) is 0. The summed E-state index contributed by atoms with van der Waals surface area (Å²) in [5, 5.41) is 22.3. The summed E-state index contributed by atoms with van der Waals surface area (Å²) in [5.41, 5.74) is 0.713. The Morgan fingerprint density at radius 3 is 2.42 bits per heavy atom. The minimum Gasteiger partial charge on any atom is -0.393 e. The Bertz CT molecular complexity index is 771. The van der Waals surface area contributed by atoms with Crippen molar-refractivity contribution in [1.29, 1.82) is 0 Å². The lowest BCUT2D eigenvalue weighted by Crippen LogP contribution is -2.65. The van der Waals surface area contributed by atoms with Crippen molar-refractivity contribution in [3.05, 3.63) is 23.8 Å². The highest BCUT2D eigenvalue weighted by molar-refractivity contribution is 5.33. The molecular formula is C30H50O3. The summed E-state index contributed by atoms with van der Waals surface area (Å²) in [7, 11) is 1.73. The highest BCUT2D eigenvalue weighted by atomic mass is 16.5. The smallest absolute Gasteiger partial charge is 0.105 e. The maximum atomic E-state index is 11.9. The van der Waals surface area contributed by atoms with E-state index in [-0.39, 0.29) is 11.5 Å². The van der Waals surface area contributed by atoms with Crippen molar-refractivity contribution >= 4 is 0 Å². The molecule has 4 rings (SSSR count). The van der Waals surface area contributed by atoms with E-state index in [4.69, 9.17) is 4.74 Å². The molecule has 0 aliphatic heterocycles. The third kappa shape index (κ3) is 3.89. The van der Waals surface area contributed by atoms with Crippen molar-refractivity contribution in [3.63, 3.8) is 0 Å². The molecule has 0 heterocycles. The van der Waals surface area contributed by atoms with Gasteiger partial charge in [-0.3, -0.25) is 0 Å². The van der Waals surface area contributed by atoms with Crippen LogP contribution in [0.4, 0.5) is 0 Å². The number of hydrogen-bond donors (Lipinski definition) is 2. The van der Waals surface area contributed by atoms with Gasteiger partial charge in [-0.15, -0.1) is 0 Å². The van der Waals surface area contributed by atoms with Gasteiger partial charge in [0.05, 0.1) is 6.10 Å². The van der Waals surface area contributed by atoms with Gasteiger partial charge in [0, 0.05) is 18.9 Å². The maximum absolute atomic E-state index is 11.9. The molecule has 188 valence electrons. The Morgan fingerprint density at radius 1 is 1.06 bits per heavy atom. The largest absolute Gasteiger partial charge is 0.393 e. The van der Waals surface area contributed by atoms with Crippen LogP contribution in [0, 0.1) is 46.3 Å². The van der Waals surface area contributed by atoms with Gasteiger partial charge >= 0.3 is 0 Å². The van der Waals surface area contributed by atoms with E-state index in [0.717, 1.165) is 19.3 Å². The number of rotatable bonds is 6. The molecule has 3 heteroatoms. The van der Waals surface area contributed by atoms with E-state index in [0.29, 0.717) is 47.3 Å². The predicted molar refractivity (Wildman–Crippen MR) is 136 cm³/mol. The van der Waals surface area contributed by atoms with Crippen molar-refractivity contribution in [2.24, 2.45) is 46.3 Å². The van der Waals surface area contributed by atoms with Crippen LogP contribution in [0.5, 0.6) is 0 Å². The van der Waals surface area contributed by atoms with Crippen LogP contribution < -0.4 is 0 Å². The van der Waals surface area contributed by atoms with Crippen molar-refractivity contribution in [3.8, 4) is 0 Å². The maximum Gasteiger partial charge on any atom is 0.105 e. The van der Waals surface area contributed by atoms with Crippen molar-refractivity contribution in [1.82, 2.24) is 0 Å². The van der Waals surface area contributed by atoms with Gasteiger partial charge in [-0.2, -0.15) is 0 Å². The van der Waals surface area contributed by atoms with E-state index >= 15 is 0 Å². The minimum absolute atomic E-state index is 0.215. The van der Waals surface area contributed by atoms with Gasteiger partial charge in [-0.05, 0) is 85.9 Å². The molecule has 3 nitrogen and oxygen atoms in total. The third-order valence-corrected chi connectivity index (χ3v) is 11.2. The standard InChI is InChI=1S/C30H50O3/c1-8-21(19(2)3)10-9-20(4)24-11-12-25-23-17-27(33-7)30(32)18-22(31)13-16-29(30,6)26(23)14-15-28(24,25)5/h9-10,17,19-22,24-27,31-32H,8,11-16,18H2,1-7H3/b10-9+/t20-,21+,22+,24-,25?,26?,27-,28-,29-,30+/m1/s1. The summed E-state index contributed by atoms with van der Waals surface area (Å²) in [6.45, 7) is 14.3. The molecule has 0 radical (unpaired) electrons. The fraction of sp³-hybridized carbons (Fsp3) is 0.867. The summed E-state index contributed by atoms with van der Waals surface area (Å²) in [4.78, 5) is 0. The molecule has 0 amide bonds. The van der Waals surface area contributed by atoms with E-state index in [9.17, 15) is 10.2 Å². The first-order valence-corrected chi connectivity index (χ1v) is 13.8. The highest BCUT2D eigenvalue weighted by Crippen LogP contribution is 2.67. The molecule has 3 saturated carbocycles. The number of methoxy groups -OCH3 is 1. The Morgan fingerprint density at radius 2 is 1.79 bits per heavy atom. The molecule has 2 N–H and O–H groups in total. The topological polar surface area (TPSA) is 49.7 Å². The van der Waals surface area contributed by atoms with Crippen LogP contribution in [0.15, 0.2) is 23.8 Å². The fourth-order valence-corrected chi connectivity index (χ4v) is 8.97. The number of aliphatic hydroxyl groups is 2. The van der Waals surface area contributed by atoms with E-state index in [1.54, 1.807) is 12.7 Å². The van der Waals surface area contributed by atoms with Crippen molar-refractivity contribution in [2.45, 2.75) is 111 Å². The van der Waals surface area contributed by atoms with Gasteiger partial charge in [0.1, 0.15) is 11.7 Å². The molecule has 4 aliphatic rings. The van der Waals surface area contributed by atoms with Crippen molar-refractivity contribution in [2.75, 3.05) is 7.11 Å². The highest BCUT2D eigenvalue weighted by Gasteiger charge is 2.65.